The van der Waals surface area contributed by atoms with Gasteiger partial charge in [0, 0.05) is 6.07 Å². The summed E-state index contributed by atoms with van der Waals surface area (Å²) in [6.45, 7) is 0. The summed E-state index contributed by atoms with van der Waals surface area (Å²) in [6, 6.07) is 1.73. The Kier molecular flexibility index (Phi) is 3.84. The van der Waals surface area contributed by atoms with Gasteiger partial charge in [-0.05, 0) is 6.07 Å². The molecule has 0 atom stereocenters. The van der Waals surface area contributed by atoms with E-state index in [1.807, 2.05) is 0 Å². The molecular weight excluding hydrogens is 216 g/mol. The lowest BCUT2D eigenvalue weighted by Gasteiger charge is -1.98. The minimum Gasteiger partial charge on any atom is -0.468 e. The molecule has 0 heterocycles. The Labute approximate surface area is 91.2 Å². The molecule has 0 fully saturated rings. The molecule has 3 nitrogen and oxygen atoms in total. The van der Waals surface area contributed by atoms with Gasteiger partial charge in [0.25, 0.3) is 0 Å². The first-order chi connectivity index (χ1) is 7.54. The molecule has 2 N–H and O–H groups in total. The first-order valence-electron chi connectivity index (χ1n) is 4.34. The van der Waals surface area contributed by atoms with Crippen LogP contribution in [0.2, 0.25) is 0 Å². The zero-order valence-electron chi connectivity index (χ0n) is 8.51. The maximum absolute atomic E-state index is 13.1. The fourth-order valence-electron chi connectivity index (χ4n) is 0.945. The number of esters is 1. The van der Waals surface area contributed by atoms with Crippen LogP contribution in [0, 0.1) is 23.5 Å². The molecule has 0 aromatic heterocycles. The summed E-state index contributed by atoms with van der Waals surface area (Å²) in [5, 5.41) is 0. The number of nitrogen functional groups attached to an aromatic ring is 1. The molecule has 1 aromatic rings. The second kappa shape index (κ2) is 5.12. The molecule has 84 valence electrons. The molecule has 16 heavy (non-hydrogen) atoms. The summed E-state index contributed by atoms with van der Waals surface area (Å²) in [6.07, 6.45) is -0.160. The predicted octanol–water partition coefficient (Wildman–Crippen LogP) is 1.46. The Hall–Kier alpha value is -2.09. The van der Waals surface area contributed by atoms with Crippen LogP contribution in [0.4, 0.5) is 14.5 Å². The van der Waals surface area contributed by atoms with Gasteiger partial charge in [-0.1, -0.05) is 11.8 Å². The van der Waals surface area contributed by atoms with E-state index in [9.17, 15) is 13.6 Å². The number of halogens is 2. The summed E-state index contributed by atoms with van der Waals surface area (Å²) in [5.74, 6) is 2.59. The van der Waals surface area contributed by atoms with E-state index in [0.717, 1.165) is 6.07 Å². The lowest BCUT2D eigenvalue weighted by atomic mass is 10.2. The number of ether oxygens (including phenoxy) is 1. The smallest absolute Gasteiger partial charge is 0.317 e. The largest absolute Gasteiger partial charge is 0.468 e. The van der Waals surface area contributed by atoms with Crippen molar-refractivity contribution >= 4 is 11.7 Å². The molecule has 0 saturated carbocycles. The van der Waals surface area contributed by atoms with E-state index >= 15 is 0 Å². The van der Waals surface area contributed by atoms with Crippen molar-refractivity contribution in [2.45, 2.75) is 6.42 Å². The van der Waals surface area contributed by atoms with Crippen LogP contribution in [0.25, 0.3) is 0 Å². The van der Waals surface area contributed by atoms with Crippen molar-refractivity contribution in [1.82, 2.24) is 0 Å². The molecule has 0 aliphatic carbocycles. The molecule has 0 radical (unpaired) electrons. The highest BCUT2D eigenvalue weighted by molar-refractivity contribution is 5.72. The van der Waals surface area contributed by atoms with E-state index in [1.54, 1.807) is 0 Å². The van der Waals surface area contributed by atoms with Crippen LogP contribution in [0.1, 0.15) is 12.0 Å². The predicted molar refractivity (Wildman–Crippen MR) is 54.3 cm³/mol. The number of carbonyl (C=O) groups is 1. The number of hydrogen-bond acceptors (Lipinski definition) is 3. The maximum atomic E-state index is 13.1. The van der Waals surface area contributed by atoms with Gasteiger partial charge in [0.2, 0.25) is 0 Å². The van der Waals surface area contributed by atoms with Crippen molar-refractivity contribution in [3.63, 3.8) is 0 Å². The molecule has 1 aromatic carbocycles. The van der Waals surface area contributed by atoms with Crippen LogP contribution in [0.5, 0.6) is 0 Å². The second-order valence-corrected chi connectivity index (χ2v) is 2.91. The van der Waals surface area contributed by atoms with E-state index in [2.05, 4.69) is 16.6 Å². The molecule has 0 unspecified atom stereocenters. The highest BCUT2D eigenvalue weighted by Crippen LogP contribution is 2.15. The van der Waals surface area contributed by atoms with E-state index in [1.165, 1.54) is 7.11 Å². The van der Waals surface area contributed by atoms with Crippen LogP contribution in [-0.4, -0.2) is 13.1 Å². The van der Waals surface area contributed by atoms with Gasteiger partial charge >= 0.3 is 5.97 Å². The van der Waals surface area contributed by atoms with Crippen molar-refractivity contribution in [2.24, 2.45) is 0 Å². The monoisotopic (exact) mass is 225 g/mol. The SMILES string of the molecule is COC(=O)CC#Cc1cc(N)c(F)cc1F. The van der Waals surface area contributed by atoms with Crippen LogP contribution in [-0.2, 0) is 9.53 Å². The summed E-state index contributed by atoms with van der Waals surface area (Å²) < 4.78 is 30.2. The van der Waals surface area contributed by atoms with E-state index in [0.29, 0.717) is 6.07 Å². The molecule has 0 bridgehead atoms. The number of rotatable bonds is 1. The maximum Gasteiger partial charge on any atom is 0.317 e. The Morgan fingerprint density at radius 1 is 1.44 bits per heavy atom. The van der Waals surface area contributed by atoms with E-state index in [-0.39, 0.29) is 17.7 Å². The van der Waals surface area contributed by atoms with Gasteiger partial charge in [-0.2, -0.15) is 0 Å². The minimum atomic E-state index is -0.837. The van der Waals surface area contributed by atoms with E-state index < -0.39 is 17.6 Å². The fourth-order valence-corrected chi connectivity index (χ4v) is 0.945. The first-order valence-corrected chi connectivity index (χ1v) is 4.34. The topological polar surface area (TPSA) is 52.3 Å². The number of carbonyl (C=O) groups excluding carboxylic acids is 1. The van der Waals surface area contributed by atoms with Crippen LogP contribution in [0.3, 0.4) is 0 Å². The third kappa shape index (κ3) is 2.95. The molecule has 1 rings (SSSR count). The minimum absolute atomic E-state index is 0.0530. The molecule has 0 spiro atoms. The average molecular weight is 225 g/mol. The number of nitrogens with two attached hydrogens (primary N) is 1. The third-order valence-corrected chi connectivity index (χ3v) is 1.77. The zero-order chi connectivity index (χ0) is 12.1. The highest BCUT2D eigenvalue weighted by Gasteiger charge is 2.05. The number of anilines is 1. The van der Waals surface area contributed by atoms with Gasteiger partial charge < -0.3 is 10.5 Å². The van der Waals surface area contributed by atoms with Crippen molar-refractivity contribution in [3.8, 4) is 11.8 Å². The van der Waals surface area contributed by atoms with Gasteiger partial charge in [0.05, 0.1) is 18.4 Å². The van der Waals surface area contributed by atoms with Crippen molar-refractivity contribution in [2.75, 3.05) is 12.8 Å². The molecule has 0 amide bonds. The lowest BCUT2D eigenvalue weighted by molar-refractivity contribution is -0.139. The highest BCUT2D eigenvalue weighted by atomic mass is 19.1. The number of methoxy groups -OCH3 is 1. The zero-order valence-corrected chi connectivity index (χ0v) is 8.51. The third-order valence-electron chi connectivity index (χ3n) is 1.77. The van der Waals surface area contributed by atoms with Crippen molar-refractivity contribution < 1.29 is 18.3 Å². The van der Waals surface area contributed by atoms with Crippen molar-refractivity contribution in [3.05, 3.63) is 29.3 Å². The van der Waals surface area contributed by atoms with Gasteiger partial charge in [0.1, 0.15) is 18.1 Å². The molecule has 0 aliphatic heterocycles. The number of hydrogen-bond donors (Lipinski definition) is 1. The van der Waals surface area contributed by atoms with Crippen LogP contribution in [0.15, 0.2) is 12.1 Å². The molecule has 0 saturated heterocycles. The van der Waals surface area contributed by atoms with Gasteiger partial charge in [0.15, 0.2) is 0 Å². The van der Waals surface area contributed by atoms with E-state index in [4.69, 9.17) is 5.73 Å². The first kappa shape index (κ1) is 12.0. The average Bonchev–Trinajstić information content (AvgIpc) is 2.25. The Balaban J connectivity index is 2.89. The Morgan fingerprint density at radius 2 is 2.12 bits per heavy atom. The standard InChI is InChI=1S/C11H9F2NO2/c1-16-11(15)4-2-3-7-5-10(14)9(13)6-8(7)12/h5-6H,4,14H2,1H3. The Morgan fingerprint density at radius 3 is 2.75 bits per heavy atom. The fraction of sp³-hybridized carbons (Fsp3) is 0.182. The summed E-state index contributed by atoms with van der Waals surface area (Å²) >= 11 is 0. The summed E-state index contributed by atoms with van der Waals surface area (Å²) in [4.78, 5) is 10.7. The molecule has 0 aliphatic rings. The van der Waals surface area contributed by atoms with Crippen LogP contribution < -0.4 is 5.73 Å². The lowest BCUT2D eigenvalue weighted by Crippen LogP contribution is -1.98. The summed E-state index contributed by atoms with van der Waals surface area (Å²) in [7, 11) is 1.22. The van der Waals surface area contributed by atoms with Gasteiger partial charge in [-0.25, -0.2) is 8.78 Å². The normalized spacial score (nSPS) is 9.19. The van der Waals surface area contributed by atoms with Gasteiger partial charge in [-0.3, -0.25) is 4.79 Å². The van der Waals surface area contributed by atoms with Gasteiger partial charge in [-0.15, -0.1) is 0 Å². The summed E-state index contributed by atoms with van der Waals surface area (Å²) in [5.41, 5.74) is 5.00. The van der Waals surface area contributed by atoms with Crippen LogP contribution >= 0.6 is 0 Å². The second-order valence-electron chi connectivity index (χ2n) is 2.91. The van der Waals surface area contributed by atoms with Crippen molar-refractivity contribution in [1.29, 1.82) is 0 Å². The number of benzene rings is 1. The molecule has 5 heteroatoms. The Bertz CT molecular complexity index is 475. The quantitative estimate of drug-likeness (QED) is 0.447. The molecular formula is C11H9F2NO2.